The quantitative estimate of drug-likeness (QED) is 0.808. The lowest BCUT2D eigenvalue weighted by molar-refractivity contribution is 0.626. The van der Waals surface area contributed by atoms with Crippen LogP contribution < -0.4 is 5.73 Å². The average Bonchev–Trinajstić information content (AvgIpc) is 1.85. The summed E-state index contributed by atoms with van der Waals surface area (Å²) >= 11 is 5.70. The predicted octanol–water partition coefficient (Wildman–Crippen LogP) is 3.34. The smallest absolute Gasteiger partial charge is 0.124 e. The summed E-state index contributed by atoms with van der Waals surface area (Å²) in [6.07, 6.45) is 0. The Balaban J connectivity index is 0. The van der Waals surface area contributed by atoms with E-state index in [0.29, 0.717) is 5.02 Å². The maximum atomic E-state index is 12.5. The Hall–Kier alpha value is -0.0200. The van der Waals surface area contributed by atoms with Crippen molar-refractivity contribution in [3.63, 3.8) is 0 Å². The van der Waals surface area contributed by atoms with Crippen LogP contribution in [0, 0.1) is 5.82 Å². The van der Waals surface area contributed by atoms with E-state index in [9.17, 15) is 4.39 Å². The zero-order valence-electron chi connectivity index (χ0n) is 6.96. The molecule has 0 saturated heterocycles. The zero-order chi connectivity index (χ0) is 8.43. The number of hydrogen-bond acceptors (Lipinski definition) is 1. The maximum Gasteiger partial charge on any atom is 0.124 e. The highest BCUT2D eigenvalue weighted by Gasteiger charge is 2.04. The minimum atomic E-state index is -0.334. The van der Waals surface area contributed by atoms with E-state index in [2.05, 4.69) is 0 Å². The minimum Gasteiger partial charge on any atom is -0.324 e. The molecule has 0 saturated carbocycles. The van der Waals surface area contributed by atoms with Crippen molar-refractivity contribution in [2.75, 3.05) is 0 Å². The molecule has 0 amide bonds. The highest BCUT2D eigenvalue weighted by Crippen LogP contribution is 2.21. The monoisotopic (exact) mass is 245 g/mol. The lowest BCUT2D eigenvalue weighted by Gasteiger charge is -2.06. The van der Waals surface area contributed by atoms with Gasteiger partial charge < -0.3 is 5.73 Å². The number of hydrogen-bond donors (Lipinski definition) is 1. The van der Waals surface area contributed by atoms with Crippen molar-refractivity contribution < 1.29 is 4.39 Å². The Bertz CT molecular complexity index is 266. The summed E-state index contributed by atoms with van der Waals surface area (Å²) in [5, 5.41) is 0.389. The summed E-state index contributed by atoms with van der Waals surface area (Å²) in [6, 6.07) is 4.07. The van der Waals surface area contributed by atoms with Crippen molar-refractivity contribution in [2.24, 2.45) is 5.73 Å². The number of benzene rings is 1. The second-order valence-corrected chi connectivity index (χ2v) is 2.86. The lowest BCUT2D eigenvalue weighted by Crippen LogP contribution is -2.05. The first-order valence-corrected chi connectivity index (χ1v) is 3.69. The topological polar surface area (TPSA) is 26.0 Å². The molecule has 76 valence electrons. The molecule has 0 aliphatic rings. The summed E-state index contributed by atoms with van der Waals surface area (Å²) in [5.74, 6) is -0.334. The van der Waals surface area contributed by atoms with Crippen molar-refractivity contribution in [2.45, 2.75) is 13.0 Å². The van der Waals surface area contributed by atoms with Gasteiger partial charge in [0.1, 0.15) is 5.82 Å². The molecule has 0 spiro atoms. The van der Waals surface area contributed by atoms with Gasteiger partial charge in [-0.1, -0.05) is 17.7 Å². The van der Waals surface area contributed by atoms with Crippen molar-refractivity contribution in [1.29, 1.82) is 0 Å². The van der Waals surface area contributed by atoms with Gasteiger partial charge in [0.05, 0.1) is 0 Å². The van der Waals surface area contributed by atoms with E-state index in [1.165, 1.54) is 12.1 Å². The summed E-state index contributed by atoms with van der Waals surface area (Å²) in [7, 11) is 0. The molecule has 5 heteroatoms. The van der Waals surface area contributed by atoms with Gasteiger partial charge in [-0.25, -0.2) is 4.39 Å². The van der Waals surface area contributed by atoms with Gasteiger partial charge in [-0.2, -0.15) is 0 Å². The van der Waals surface area contributed by atoms with E-state index in [1.54, 1.807) is 13.0 Å². The Morgan fingerprint density at radius 1 is 1.38 bits per heavy atom. The summed E-state index contributed by atoms with van der Waals surface area (Å²) in [5.41, 5.74) is 6.33. The van der Waals surface area contributed by atoms with E-state index in [4.69, 9.17) is 17.3 Å². The van der Waals surface area contributed by atoms with Crippen LogP contribution in [0.5, 0.6) is 0 Å². The van der Waals surface area contributed by atoms with Crippen LogP contribution in [-0.4, -0.2) is 0 Å². The van der Waals surface area contributed by atoms with E-state index < -0.39 is 0 Å². The van der Waals surface area contributed by atoms with Gasteiger partial charge in [0.2, 0.25) is 0 Å². The molecule has 0 fully saturated rings. The molecule has 2 N–H and O–H groups in total. The fourth-order valence-corrected chi connectivity index (χ4v) is 1.21. The fraction of sp³-hybridized carbons (Fsp3) is 0.250. The number of halogens is 4. The standard InChI is InChI=1S/C8H9ClFN.2ClH/c1-5(11)7-3-2-6(10)4-8(7)9;;/h2-5H,11H2,1H3;2*1H/t5-;;/m0../s1. The molecule has 0 radical (unpaired) electrons. The molecule has 0 bridgehead atoms. The summed E-state index contributed by atoms with van der Waals surface area (Å²) in [6.45, 7) is 1.80. The third-order valence-corrected chi connectivity index (χ3v) is 1.78. The van der Waals surface area contributed by atoms with E-state index in [0.717, 1.165) is 5.56 Å². The molecule has 13 heavy (non-hydrogen) atoms. The first-order valence-electron chi connectivity index (χ1n) is 3.32. The first kappa shape index (κ1) is 15.5. The molecular weight excluding hydrogens is 235 g/mol. The van der Waals surface area contributed by atoms with Gasteiger partial charge in [-0.15, -0.1) is 24.8 Å². The number of nitrogens with two attached hydrogens (primary N) is 1. The van der Waals surface area contributed by atoms with Crippen LogP contribution in [0.15, 0.2) is 18.2 Å². The third kappa shape index (κ3) is 4.14. The van der Waals surface area contributed by atoms with Crippen molar-refractivity contribution in [3.8, 4) is 0 Å². The molecular formula is C8H11Cl3FN. The van der Waals surface area contributed by atoms with Gasteiger partial charge in [0, 0.05) is 11.1 Å². The number of rotatable bonds is 1. The summed E-state index contributed by atoms with van der Waals surface area (Å²) in [4.78, 5) is 0. The minimum absolute atomic E-state index is 0. The summed E-state index contributed by atoms with van der Waals surface area (Å²) < 4.78 is 12.5. The molecule has 1 rings (SSSR count). The van der Waals surface area contributed by atoms with Gasteiger partial charge in [0.15, 0.2) is 0 Å². The molecule has 1 nitrogen and oxygen atoms in total. The van der Waals surface area contributed by atoms with Crippen molar-refractivity contribution in [3.05, 3.63) is 34.6 Å². The largest absolute Gasteiger partial charge is 0.324 e. The molecule has 1 atom stereocenters. The van der Waals surface area contributed by atoms with Crippen LogP contribution in [0.1, 0.15) is 18.5 Å². The molecule has 0 heterocycles. The van der Waals surface area contributed by atoms with Gasteiger partial charge in [0.25, 0.3) is 0 Å². The highest BCUT2D eigenvalue weighted by molar-refractivity contribution is 6.31. The normalized spacial score (nSPS) is 11.1. The lowest BCUT2D eigenvalue weighted by atomic mass is 10.1. The van der Waals surface area contributed by atoms with Crippen LogP contribution in [-0.2, 0) is 0 Å². The first-order chi connectivity index (χ1) is 5.11. The zero-order valence-corrected chi connectivity index (χ0v) is 9.35. The predicted molar refractivity (Wildman–Crippen MR) is 58.5 cm³/mol. The van der Waals surface area contributed by atoms with Crippen molar-refractivity contribution >= 4 is 36.4 Å². The van der Waals surface area contributed by atoms with E-state index in [-0.39, 0.29) is 36.7 Å². The molecule has 0 aliphatic carbocycles. The Morgan fingerprint density at radius 2 is 1.92 bits per heavy atom. The van der Waals surface area contributed by atoms with Crippen LogP contribution >= 0.6 is 36.4 Å². The van der Waals surface area contributed by atoms with Gasteiger partial charge in [-0.05, 0) is 24.6 Å². The Labute approximate surface area is 94.3 Å². The van der Waals surface area contributed by atoms with Gasteiger partial charge in [-0.3, -0.25) is 0 Å². The van der Waals surface area contributed by atoms with Gasteiger partial charge >= 0.3 is 0 Å². The molecule has 0 aromatic heterocycles. The molecule has 1 aromatic carbocycles. The molecule has 1 aromatic rings. The van der Waals surface area contributed by atoms with Crippen LogP contribution in [0.4, 0.5) is 4.39 Å². The SMILES string of the molecule is C[C@H](N)c1ccc(F)cc1Cl.Cl.Cl. The van der Waals surface area contributed by atoms with Crippen LogP contribution in [0.3, 0.4) is 0 Å². The van der Waals surface area contributed by atoms with Crippen LogP contribution in [0.25, 0.3) is 0 Å². The third-order valence-electron chi connectivity index (χ3n) is 1.45. The Kier molecular flexibility index (Phi) is 7.65. The maximum absolute atomic E-state index is 12.5. The highest BCUT2D eigenvalue weighted by atomic mass is 35.5. The van der Waals surface area contributed by atoms with E-state index >= 15 is 0 Å². The second kappa shape index (κ2) is 6.44. The fourth-order valence-electron chi connectivity index (χ4n) is 0.871. The van der Waals surface area contributed by atoms with Crippen LogP contribution in [0.2, 0.25) is 5.02 Å². The average molecular weight is 247 g/mol. The molecule has 0 aliphatic heterocycles. The Morgan fingerprint density at radius 3 is 2.31 bits per heavy atom. The van der Waals surface area contributed by atoms with Crippen molar-refractivity contribution in [1.82, 2.24) is 0 Å². The molecule has 0 unspecified atom stereocenters. The van der Waals surface area contributed by atoms with E-state index in [1.807, 2.05) is 0 Å². The second-order valence-electron chi connectivity index (χ2n) is 2.45.